The highest BCUT2D eigenvalue weighted by Gasteiger charge is 2.24. The highest BCUT2D eigenvalue weighted by molar-refractivity contribution is 5.36. The van der Waals surface area contributed by atoms with E-state index >= 15 is 0 Å². The molecule has 0 fully saturated rings. The largest absolute Gasteiger partial charge is 0.382 e. The van der Waals surface area contributed by atoms with Crippen molar-refractivity contribution in [3.8, 4) is 0 Å². The third-order valence-corrected chi connectivity index (χ3v) is 3.04. The number of anilines is 1. The minimum atomic E-state index is 0.549. The Labute approximate surface area is 84.7 Å². The minimum Gasteiger partial charge on any atom is -0.382 e. The Bertz CT molecular complexity index is 333. The van der Waals surface area contributed by atoms with Crippen LogP contribution < -0.4 is 5.73 Å². The Morgan fingerprint density at radius 1 is 1.43 bits per heavy atom. The number of aromatic nitrogens is 2. The van der Waals surface area contributed by atoms with Crippen molar-refractivity contribution in [1.29, 1.82) is 0 Å². The molecule has 0 spiro atoms. The van der Waals surface area contributed by atoms with E-state index in [2.05, 4.69) is 24.0 Å². The summed E-state index contributed by atoms with van der Waals surface area (Å²) in [5.41, 5.74) is 8.12. The lowest BCUT2D eigenvalue weighted by Crippen LogP contribution is -2.17. The fourth-order valence-corrected chi connectivity index (χ4v) is 2.27. The summed E-state index contributed by atoms with van der Waals surface area (Å²) < 4.78 is 0. The zero-order valence-electron chi connectivity index (χ0n) is 8.83. The van der Waals surface area contributed by atoms with Gasteiger partial charge in [-0.25, -0.2) is 0 Å². The summed E-state index contributed by atoms with van der Waals surface area (Å²) in [5, 5.41) is 8.20. The lowest BCUT2D eigenvalue weighted by molar-refractivity contribution is 0.419. The molecule has 2 N–H and O–H groups in total. The maximum Gasteiger partial charge on any atom is 0.146 e. The normalized spacial score (nSPS) is 20.9. The molecule has 1 aromatic heterocycles. The second kappa shape index (κ2) is 3.56. The quantitative estimate of drug-likeness (QED) is 0.739. The first-order valence-corrected chi connectivity index (χ1v) is 5.30. The minimum absolute atomic E-state index is 0.549. The van der Waals surface area contributed by atoms with Crippen LogP contribution in [0.3, 0.4) is 0 Å². The van der Waals surface area contributed by atoms with E-state index in [4.69, 9.17) is 5.73 Å². The van der Waals surface area contributed by atoms with E-state index in [9.17, 15) is 0 Å². The summed E-state index contributed by atoms with van der Waals surface area (Å²) in [5.74, 6) is 1.77. The molecule has 2 rings (SSSR count). The number of aryl methyl sites for hydroxylation is 1. The predicted molar refractivity (Wildman–Crippen MR) is 57.0 cm³/mol. The van der Waals surface area contributed by atoms with Crippen LogP contribution in [-0.2, 0) is 6.42 Å². The first kappa shape index (κ1) is 9.44. The van der Waals surface area contributed by atoms with Gasteiger partial charge in [-0.05, 0) is 36.8 Å². The molecule has 0 saturated heterocycles. The Morgan fingerprint density at radius 3 is 2.93 bits per heavy atom. The summed E-state index contributed by atoms with van der Waals surface area (Å²) in [7, 11) is 0. The third-order valence-electron chi connectivity index (χ3n) is 3.04. The van der Waals surface area contributed by atoms with Gasteiger partial charge in [-0.1, -0.05) is 13.8 Å². The van der Waals surface area contributed by atoms with Crippen molar-refractivity contribution in [1.82, 2.24) is 10.2 Å². The topological polar surface area (TPSA) is 51.8 Å². The highest BCUT2D eigenvalue weighted by Crippen LogP contribution is 2.35. The van der Waals surface area contributed by atoms with E-state index in [1.807, 2.05) is 6.07 Å². The van der Waals surface area contributed by atoms with Gasteiger partial charge in [-0.2, -0.15) is 5.10 Å². The van der Waals surface area contributed by atoms with Crippen molar-refractivity contribution in [2.45, 2.75) is 39.0 Å². The van der Waals surface area contributed by atoms with E-state index in [1.54, 1.807) is 0 Å². The van der Waals surface area contributed by atoms with Gasteiger partial charge >= 0.3 is 0 Å². The maximum absolute atomic E-state index is 5.63. The number of rotatable bonds is 1. The third kappa shape index (κ3) is 1.59. The van der Waals surface area contributed by atoms with E-state index in [-0.39, 0.29) is 0 Å². The van der Waals surface area contributed by atoms with E-state index in [1.165, 1.54) is 24.1 Å². The number of nitrogen functional groups attached to an aromatic ring is 1. The lowest BCUT2D eigenvalue weighted by Gasteiger charge is -2.26. The molecule has 3 nitrogen and oxygen atoms in total. The molecule has 0 radical (unpaired) electrons. The van der Waals surface area contributed by atoms with Crippen LogP contribution in [0.1, 0.15) is 43.9 Å². The van der Waals surface area contributed by atoms with E-state index in [0.29, 0.717) is 17.7 Å². The highest BCUT2D eigenvalue weighted by atomic mass is 15.1. The molecule has 1 aliphatic carbocycles. The van der Waals surface area contributed by atoms with Crippen molar-refractivity contribution in [2.24, 2.45) is 5.92 Å². The van der Waals surface area contributed by atoms with Crippen molar-refractivity contribution >= 4 is 5.82 Å². The Kier molecular flexibility index (Phi) is 2.40. The molecule has 1 atom stereocenters. The molecular formula is C11H17N3. The van der Waals surface area contributed by atoms with Crippen molar-refractivity contribution in [3.05, 3.63) is 17.3 Å². The molecule has 0 aliphatic heterocycles. The van der Waals surface area contributed by atoms with Gasteiger partial charge in [0.15, 0.2) is 0 Å². The van der Waals surface area contributed by atoms with Gasteiger partial charge in [-0.3, -0.25) is 0 Å². The van der Waals surface area contributed by atoms with E-state index in [0.717, 1.165) is 6.42 Å². The number of hydrogen-bond acceptors (Lipinski definition) is 3. The van der Waals surface area contributed by atoms with Crippen LogP contribution in [0.2, 0.25) is 0 Å². The molecule has 76 valence electrons. The number of nitrogens with two attached hydrogens (primary N) is 1. The fourth-order valence-electron chi connectivity index (χ4n) is 2.27. The van der Waals surface area contributed by atoms with Crippen molar-refractivity contribution in [3.63, 3.8) is 0 Å². The van der Waals surface area contributed by atoms with Crippen LogP contribution >= 0.6 is 0 Å². The molecule has 1 unspecified atom stereocenters. The second-order valence-electron chi connectivity index (χ2n) is 4.42. The molecule has 0 saturated carbocycles. The Hall–Kier alpha value is -1.12. The average molecular weight is 191 g/mol. The number of nitrogens with zero attached hydrogens (tertiary/aromatic N) is 2. The summed E-state index contributed by atoms with van der Waals surface area (Å²) in [4.78, 5) is 0. The fraction of sp³-hybridized carbons (Fsp3) is 0.636. The van der Waals surface area contributed by atoms with Gasteiger partial charge in [-0.15, -0.1) is 5.10 Å². The van der Waals surface area contributed by atoms with Gasteiger partial charge < -0.3 is 5.73 Å². The zero-order valence-corrected chi connectivity index (χ0v) is 8.83. The molecule has 1 aromatic rings. The summed E-state index contributed by atoms with van der Waals surface area (Å²) in [6.07, 6.45) is 3.60. The Morgan fingerprint density at radius 2 is 2.21 bits per heavy atom. The molecule has 1 aliphatic rings. The molecule has 1 heterocycles. The molecule has 0 amide bonds. The standard InChI is InChI=1S/C11H17N3/c1-7(2)9-5-3-4-8-6-10(12)13-14-11(8)9/h6-7,9H,3-5H2,1-2H3,(H2,12,13). The summed E-state index contributed by atoms with van der Waals surface area (Å²) >= 11 is 0. The first-order valence-electron chi connectivity index (χ1n) is 5.30. The van der Waals surface area contributed by atoms with Gasteiger partial charge in [0.05, 0.1) is 5.69 Å². The van der Waals surface area contributed by atoms with Crippen LogP contribution in [0.15, 0.2) is 6.07 Å². The maximum atomic E-state index is 5.63. The zero-order chi connectivity index (χ0) is 10.1. The predicted octanol–water partition coefficient (Wildman–Crippen LogP) is 2.13. The summed E-state index contributed by atoms with van der Waals surface area (Å²) in [6.45, 7) is 4.50. The monoisotopic (exact) mass is 191 g/mol. The molecule has 0 aromatic carbocycles. The SMILES string of the molecule is CC(C)C1CCCc2cc(N)nnc21. The molecule has 0 bridgehead atoms. The van der Waals surface area contributed by atoms with Gasteiger partial charge in [0.25, 0.3) is 0 Å². The molecule has 14 heavy (non-hydrogen) atoms. The molecular weight excluding hydrogens is 174 g/mol. The van der Waals surface area contributed by atoms with Crippen LogP contribution in [0, 0.1) is 5.92 Å². The van der Waals surface area contributed by atoms with Crippen molar-refractivity contribution < 1.29 is 0 Å². The van der Waals surface area contributed by atoms with Gasteiger partial charge in [0.2, 0.25) is 0 Å². The number of hydrogen-bond donors (Lipinski definition) is 1. The van der Waals surface area contributed by atoms with Crippen LogP contribution in [0.4, 0.5) is 5.82 Å². The number of fused-ring (bicyclic) bond motifs is 1. The first-order chi connectivity index (χ1) is 6.68. The van der Waals surface area contributed by atoms with Crippen LogP contribution in [0.25, 0.3) is 0 Å². The summed E-state index contributed by atoms with van der Waals surface area (Å²) in [6, 6.07) is 1.98. The van der Waals surface area contributed by atoms with Crippen LogP contribution in [0.5, 0.6) is 0 Å². The average Bonchev–Trinajstić information content (AvgIpc) is 2.16. The molecule has 3 heteroatoms. The lowest BCUT2D eigenvalue weighted by atomic mass is 9.80. The van der Waals surface area contributed by atoms with Gasteiger partial charge in [0, 0.05) is 5.92 Å². The Balaban J connectivity index is 2.40. The van der Waals surface area contributed by atoms with Crippen LogP contribution in [-0.4, -0.2) is 10.2 Å². The van der Waals surface area contributed by atoms with Gasteiger partial charge in [0.1, 0.15) is 5.82 Å². The second-order valence-corrected chi connectivity index (χ2v) is 4.42. The van der Waals surface area contributed by atoms with Crippen molar-refractivity contribution in [2.75, 3.05) is 5.73 Å². The van der Waals surface area contributed by atoms with E-state index < -0.39 is 0 Å². The smallest absolute Gasteiger partial charge is 0.146 e.